The molecular weight excluding hydrogens is 590 g/mol. The molecule has 224 valence electrons. The fraction of sp³-hybridized carbons (Fsp3) is 0. The van der Waals surface area contributed by atoms with Crippen LogP contribution in [0.4, 0.5) is 0 Å². The number of rotatable bonds is 4. The molecule has 0 amide bonds. The van der Waals surface area contributed by atoms with Crippen LogP contribution in [0.3, 0.4) is 0 Å². The van der Waals surface area contributed by atoms with E-state index in [-0.39, 0.29) is 0 Å². The SMILES string of the molecule is c1cc(-c2nc(-c3cccc4ccccc34)nc(-c3cccc4oc5ccccc5c34)n2)cc(-c2cccc3oc4ccccc4c23)c1. The molecule has 0 unspecified atom stereocenters. The highest BCUT2D eigenvalue weighted by atomic mass is 16.3. The summed E-state index contributed by atoms with van der Waals surface area (Å²) in [6.07, 6.45) is 0. The zero-order chi connectivity index (χ0) is 31.6. The standard InChI is InChI=1S/C43H25N3O2/c1-2-15-29-26(11-1)12-8-19-31(29)42-44-41(45-43(46-42)34-20-10-24-38-40(34)33-17-4-6-22-36(33)48-38)28-14-7-13-27(25-28)30-18-9-23-37-39(30)32-16-3-5-21-35(32)47-37/h1-25H. The summed E-state index contributed by atoms with van der Waals surface area (Å²) < 4.78 is 12.5. The van der Waals surface area contributed by atoms with Crippen molar-refractivity contribution < 1.29 is 8.83 Å². The van der Waals surface area contributed by atoms with Gasteiger partial charge in [-0.2, -0.15) is 0 Å². The van der Waals surface area contributed by atoms with Gasteiger partial charge in [-0.25, -0.2) is 15.0 Å². The van der Waals surface area contributed by atoms with E-state index in [0.29, 0.717) is 17.5 Å². The molecule has 0 saturated heterocycles. The predicted octanol–water partition coefficient (Wildman–Crippen LogP) is 11.5. The summed E-state index contributed by atoms with van der Waals surface area (Å²) in [7, 11) is 0. The Hall–Kier alpha value is -6.59. The van der Waals surface area contributed by atoms with Crippen molar-refractivity contribution in [1.29, 1.82) is 0 Å². The Morgan fingerprint density at radius 1 is 0.333 bits per heavy atom. The number of para-hydroxylation sites is 2. The van der Waals surface area contributed by atoms with Crippen molar-refractivity contribution in [1.82, 2.24) is 15.0 Å². The quantitative estimate of drug-likeness (QED) is 0.197. The summed E-state index contributed by atoms with van der Waals surface area (Å²) in [5.74, 6) is 1.80. The Bertz CT molecular complexity index is 2860. The molecule has 0 N–H and O–H groups in total. The van der Waals surface area contributed by atoms with Gasteiger partial charge in [0.1, 0.15) is 22.3 Å². The molecule has 0 fully saturated rings. The van der Waals surface area contributed by atoms with E-state index in [0.717, 1.165) is 82.5 Å². The van der Waals surface area contributed by atoms with Crippen LogP contribution in [-0.2, 0) is 0 Å². The number of aromatic nitrogens is 3. The first-order valence-corrected chi connectivity index (χ1v) is 15.9. The molecule has 0 saturated carbocycles. The van der Waals surface area contributed by atoms with Crippen molar-refractivity contribution in [2.75, 3.05) is 0 Å². The van der Waals surface area contributed by atoms with Crippen LogP contribution in [0.2, 0.25) is 0 Å². The summed E-state index contributed by atoms with van der Waals surface area (Å²) in [5, 5.41) is 6.41. The molecule has 3 aromatic heterocycles. The molecule has 0 bridgehead atoms. The van der Waals surface area contributed by atoms with Crippen molar-refractivity contribution >= 4 is 54.6 Å². The van der Waals surface area contributed by atoms with Gasteiger partial charge in [0.15, 0.2) is 17.5 Å². The first-order valence-electron chi connectivity index (χ1n) is 15.9. The lowest BCUT2D eigenvalue weighted by Crippen LogP contribution is -2.01. The van der Waals surface area contributed by atoms with Gasteiger partial charge in [-0.15, -0.1) is 0 Å². The first kappa shape index (κ1) is 26.6. The van der Waals surface area contributed by atoms with Crippen molar-refractivity contribution in [2.24, 2.45) is 0 Å². The highest BCUT2D eigenvalue weighted by molar-refractivity contribution is 6.13. The molecule has 0 aliphatic heterocycles. The Morgan fingerprint density at radius 3 is 1.56 bits per heavy atom. The first-order chi connectivity index (χ1) is 23.8. The fourth-order valence-electron chi connectivity index (χ4n) is 6.97. The van der Waals surface area contributed by atoms with Gasteiger partial charge in [-0.05, 0) is 52.2 Å². The van der Waals surface area contributed by atoms with E-state index in [1.807, 2.05) is 54.6 Å². The Labute approximate surface area is 274 Å². The highest BCUT2D eigenvalue weighted by Gasteiger charge is 2.19. The fourth-order valence-corrected chi connectivity index (χ4v) is 6.97. The lowest BCUT2D eigenvalue weighted by Gasteiger charge is -2.12. The molecule has 48 heavy (non-hydrogen) atoms. The molecule has 5 nitrogen and oxygen atoms in total. The molecule has 0 spiro atoms. The second-order valence-corrected chi connectivity index (χ2v) is 12.0. The normalized spacial score (nSPS) is 11.8. The molecule has 10 aromatic rings. The Kier molecular flexibility index (Phi) is 5.81. The van der Waals surface area contributed by atoms with E-state index >= 15 is 0 Å². The van der Waals surface area contributed by atoms with E-state index < -0.39 is 0 Å². The minimum absolute atomic E-state index is 0.591. The molecule has 0 radical (unpaired) electrons. The van der Waals surface area contributed by atoms with Gasteiger partial charge in [-0.3, -0.25) is 0 Å². The Balaban J connectivity index is 1.22. The molecular formula is C43H25N3O2. The molecule has 10 rings (SSSR count). The van der Waals surface area contributed by atoms with Crippen LogP contribution in [0.1, 0.15) is 0 Å². The van der Waals surface area contributed by atoms with Gasteiger partial charge in [0, 0.05) is 38.2 Å². The van der Waals surface area contributed by atoms with E-state index in [4.69, 9.17) is 23.8 Å². The van der Waals surface area contributed by atoms with Crippen molar-refractivity contribution in [2.45, 2.75) is 0 Å². The van der Waals surface area contributed by atoms with Gasteiger partial charge < -0.3 is 8.83 Å². The number of nitrogens with zero attached hydrogens (tertiary/aromatic N) is 3. The zero-order valence-electron chi connectivity index (χ0n) is 25.6. The topological polar surface area (TPSA) is 65.0 Å². The van der Waals surface area contributed by atoms with E-state index in [1.165, 1.54) is 0 Å². The zero-order valence-corrected chi connectivity index (χ0v) is 25.6. The van der Waals surface area contributed by atoms with Gasteiger partial charge in [0.25, 0.3) is 0 Å². The van der Waals surface area contributed by atoms with Crippen LogP contribution in [0.5, 0.6) is 0 Å². The summed E-state index contributed by atoms with van der Waals surface area (Å²) in [6.45, 7) is 0. The molecule has 3 heterocycles. The Morgan fingerprint density at radius 2 is 0.812 bits per heavy atom. The van der Waals surface area contributed by atoms with Gasteiger partial charge in [0.05, 0.1) is 0 Å². The summed E-state index contributed by atoms with van der Waals surface area (Å²) in [4.78, 5) is 15.5. The van der Waals surface area contributed by atoms with E-state index in [2.05, 4.69) is 97.1 Å². The maximum Gasteiger partial charge on any atom is 0.164 e. The van der Waals surface area contributed by atoms with Gasteiger partial charge in [0.2, 0.25) is 0 Å². The summed E-state index contributed by atoms with van der Waals surface area (Å²) in [6, 6.07) is 51.6. The molecule has 7 aromatic carbocycles. The number of benzene rings is 7. The largest absolute Gasteiger partial charge is 0.456 e. The van der Waals surface area contributed by atoms with E-state index in [9.17, 15) is 0 Å². The van der Waals surface area contributed by atoms with E-state index in [1.54, 1.807) is 0 Å². The minimum Gasteiger partial charge on any atom is -0.456 e. The van der Waals surface area contributed by atoms with Crippen LogP contribution in [0.25, 0.3) is 99.9 Å². The van der Waals surface area contributed by atoms with Crippen LogP contribution in [0.15, 0.2) is 160 Å². The minimum atomic E-state index is 0.591. The van der Waals surface area contributed by atoms with Crippen LogP contribution >= 0.6 is 0 Å². The monoisotopic (exact) mass is 615 g/mol. The third-order valence-corrected chi connectivity index (χ3v) is 9.14. The summed E-state index contributed by atoms with van der Waals surface area (Å²) >= 11 is 0. The molecule has 0 aliphatic carbocycles. The highest BCUT2D eigenvalue weighted by Crippen LogP contribution is 2.39. The van der Waals surface area contributed by atoms with Crippen molar-refractivity contribution in [3.05, 3.63) is 152 Å². The second kappa shape index (κ2) is 10.5. The number of hydrogen-bond donors (Lipinski definition) is 0. The molecule has 0 atom stereocenters. The van der Waals surface area contributed by atoms with Crippen molar-refractivity contribution in [3.8, 4) is 45.3 Å². The maximum atomic E-state index is 6.25. The van der Waals surface area contributed by atoms with Crippen molar-refractivity contribution in [3.63, 3.8) is 0 Å². The number of fused-ring (bicyclic) bond motifs is 7. The smallest absolute Gasteiger partial charge is 0.164 e. The second-order valence-electron chi connectivity index (χ2n) is 12.0. The third kappa shape index (κ3) is 4.15. The number of furan rings is 2. The third-order valence-electron chi connectivity index (χ3n) is 9.14. The maximum absolute atomic E-state index is 6.25. The lowest BCUT2D eigenvalue weighted by atomic mass is 9.97. The van der Waals surface area contributed by atoms with Crippen LogP contribution < -0.4 is 0 Å². The van der Waals surface area contributed by atoms with Crippen LogP contribution in [-0.4, -0.2) is 15.0 Å². The van der Waals surface area contributed by atoms with Gasteiger partial charge in [-0.1, -0.05) is 121 Å². The molecule has 5 heteroatoms. The van der Waals surface area contributed by atoms with Gasteiger partial charge >= 0.3 is 0 Å². The number of hydrogen-bond acceptors (Lipinski definition) is 5. The average molecular weight is 616 g/mol. The van der Waals surface area contributed by atoms with Crippen LogP contribution in [0, 0.1) is 0 Å². The molecule has 0 aliphatic rings. The summed E-state index contributed by atoms with van der Waals surface area (Å²) in [5.41, 5.74) is 8.26. The average Bonchev–Trinajstić information content (AvgIpc) is 3.73. The predicted molar refractivity (Wildman–Crippen MR) is 194 cm³/mol. The lowest BCUT2D eigenvalue weighted by molar-refractivity contribution is 0.668.